The van der Waals surface area contributed by atoms with Gasteiger partial charge in [-0.05, 0) is 48.4 Å². The van der Waals surface area contributed by atoms with Crippen LogP contribution in [0.1, 0.15) is 77.9 Å². The van der Waals surface area contributed by atoms with Gasteiger partial charge in [0.15, 0.2) is 11.3 Å². The lowest BCUT2D eigenvalue weighted by Gasteiger charge is -2.33. The van der Waals surface area contributed by atoms with Gasteiger partial charge in [-0.25, -0.2) is 36.5 Å². The number of alkyl halides is 4. The normalized spacial score (nSPS) is 26.2. The minimum atomic E-state index is -2.78. The predicted molar refractivity (Wildman–Crippen MR) is 132 cm³/mol. The maximum Gasteiger partial charge on any atom is 0.317 e. The van der Waals surface area contributed by atoms with Crippen LogP contribution in [0.4, 0.5) is 22.4 Å². The molecule has 3 saturated carbocycles. The number of hydrogen-bond acceptors (Lipinski definition) is 7. The van der Waals surface area contributed by atoms with Gasteiger partial charge in [0, 0.05) is 38.4 Å². The van der Waals surface area contributed by atoms with E-state index in [1.54, 1.807) is 12.3 Å². The molecule has 0 radical (unpaired) electrons. The molecule has 1 saturated heterocycles. The largest absolute Gasteiger partial charge is 0.342 e. The van der Waals surface area contributed by atoms with E-state index in [-0.39, 0.29) is 62.8 Å². The molecule has 0 aromatic carbocycles. The molecule has 2 unspecified atom stereocenters. The summed E-state index contributed by atoms with van der Waals surface area (Å²) in [6.45, 7) is -0.0486. The Morgan fingerprint density at radius 2 is 1.93 bits per heavy atom. The maximum atomic E-state index is 14.0. The van der Waals surface area contributed by atoms with Crippen LogP contribution in [0.15, 0.2) is 23.1 Å². The topological polar surface area (TPSA) is 131 Å². The number of carbonyl (C=O) groups excluding carboxylic acids is 2. The van der Waals surface area contributed by atoms with Gasteiger partial charge < -0.3 is 15.5 Å². The lowest BCUT2D eigenvalue weighted by Crippen LogP contribution is -2.40. The van der Waals surface area contributed by atoms with E-state index in [2.05, 4.69) is 31.0 Å². The van der Waals surface area contributed by atoms with Gasteiger partial charge in [0.05, 0.1) is 36.0 Å². The highest BCUT2D eigenvalue weighted by Gasteiger charge is 2.69. The Labute approximate surface area is 231 Å². The van der Waals surface area contributed by atoms with Crippen LogP contribution in [-0.4, -0.2) is 66.7 Å². The quantitative estimate of drug-likeness (QED) is 0.410. The van der Waals surface area contributed by atoms with Crippen LogP contribution < -0.4 is 10.6 Å². The molecule has 3 aromatic rings. The fourth-order valence-electron chi connectivity index (χ4n) is 6.16. The van der Waals surface area contributed by atoms with Crippen LogP contribution in [0.3, 0.4) is 0 Å². The highest BCUT2D eigenvalue weighted by Crippen LogP contribution is 2.55. The first-order valence-electron chi connectivity index (χ1n) is 13.8. The maximum absolute atomic E-state index is 14.0. The number of hydrogen-bond donors (Lipinski definition) is 2. The van der Waals surface area contributed by atoms with Crippen LogP contribution in [0.25, 0.3) is 5.65 Å². The Kier molecular flexibility index (Phi) is 5.98. The summed E-state index contributed by atoms with van der Waals surface area (Å²) in [6.07, 6.45) is 4.72. The number of nitrogens with zero attached hydrogens (tertiary/aromatic N) is 6. The van der Waals surface area contributed by atoms with Crippen molar-refractivity contribution < 1.29 is 31.8 Å². The Balaban J connectivity index is 1.14. The molecule has 41 heavy (non-hydrogen) atoms. The fraction of sp³-hybridized carbons (Fsp3) is 0.615. The fourth-order valence-corrected chi connectivity index (χ4v) is 6.16. The van der Waals surface area contributed by atoms with Gasteiger partial charge in [0.25, 0.3) is 11.8 Å². The number of urea groups is 1. The third-order valence-corrected chi connectivity index (χ3v) is 8.84. The second-order valence-electron chi connectivity index (χ2n) is 11.7. The van der Waals surface area contributed by atoms with Crippen molar-refractivity contribution in [3.05, 3.63) is 41.1 Å². The lowest BCUT2D eigenvalue weighted by molar-refractivity contribution is -0.0495. The average Bonchev–Trinajstić information content (AvgIpc) is 3.73. The first kappa shape index (κ1) is 26.1. The third kappa shape index (κ3) is 4.88. The van der Waals surface area contributed by atoms with Crippen molar-refractivity contribution in [1.29, 1.82) is 0 Å². The molecule has 4 aliphatic rings. The smallest absolute Gasteiger partial charge is 0.317 e. The van der Waals surface area contributed by atoms with Crippen LogP contribution in [0.2, 0.25) is 0 Å². The molecule has 11 nitrogen and oxygen atoms in total. The van der Waals surface area contributed by atoms with E-state index in [4.69, 9.17) is 4.63 Å². The van der Waals surface area contributed by atoms with Gasteiger partial charge in [-0.3, -0.25) is 4.79 Å². The average molecular weight is 577 g/mol. The first-order valence-corrected chi connectivity index (χ1v) is 13.8. The summed E-state index contributed by atoms with van der Waals surface area (Å²) in [7, 11) is 0. The minimum Gasteiger partial charge on any atom is -0.342 e. The summed E-state index contributed by atoms with van der Waals surface area (Å²) in [5.41, 5.74) is 2.01. The van der Waals surface area contributed by atoms with Gasteiger partial charge in [0.2, 0.25) is 5.92 Å². The highest BCUT2D eigenvalue weighted by atomic mass is 19.3. The molecule has 4 heterocycles. The first-order chi connectivity index (χ1) is 19.6. The van der Waals surface area contributed by atoms with Gasteiger partial charge >= 0.3 is 6.03 Å². The van der Waals surface area contributed by atoms with Gasteiger partial charge in [-0.2, -0.15) is 5.10 Å². The number of imidazole rings is 1. The molecule has 218 valence electrons. The summed E-state index contributed by atoms with van der Waals surface area (Å²) in [5, 5.41) is 17.6. The van der Waals surface area contributed by atoms with Crippen LogP contribution in [-0.2, 0) is 6.54 Å². The number of aromatic nitrogens is 5. The van der Waals surface area contributed by atoms with Gasteiger partial charge in [-0.15, -0.1) is 0 Å². The summed E-state index contributed by atoms with van der Waals surface area (Å²) in [5.74, 6) is -7.94. The van der Waals surface area contributed by atoms with Crippen molar-refractivity contribution in [3.8, 4) is 0 Å². The number of nitrogens with one attached hydrogen (secondary N) is 2. The van der Waals surface area contributed by atoms with E-state index in [0.29, 0.717) is 22.6 Å². The predicted octanol–water partition coefficient (Wildman–Crippen LogP) is 3.69. The molecule has 3 aromatic heterocycles. The van der Waals surface area contributed by atoms with Crippen LogP contribution >= 0.6 is 0 Å². The zero-order valence-corrected chi connectivity index (χ0v) is 21.9. The van der Waals surface area contributed by atoms with Gasteiger partial charge in [0.1, 0.15) is 5.69 Å². The summed E-state index contributed by atoms with van der Waals surface area (Å²) < 4.78 is 62.2. The van der Waals surface area contributed by atoms with Crippen molar-refractivity contribution in [1.82, 2.24) is 40.4 Å². The zero-order chi connectivity index (χ0) is 28.5. The lowest BCUT2D eigenvalue weighted by atomic mass is 9.81. The van der Waals surface area contributed by atoms with E-state index in [9.17, 15) is 27.2 Å². The highest BCUT2D eigenvalue weighted by molar-refractivity contribution is 5.93. The Bertz CT molecular complexity index is 1490. The number of fused-ring (bicyclic) bond motifs is 2. The van der Waals surface area contributed by atoms with Crippen LogP contribution in [0, 0.1) is 17.8 Å². The molecule has 1 aliphatic heterocycles. The molecule has 7 rings (SSSR count). The standard InChI is InChI=1S/C26H28F4N8O3/c27-25(28)5-3-15(4-6-25)20(34-23(39)22-21(14-1-2-14)35-41-36-22)18-12-38-19(33-18)7-13(8-32-38)10-37-11-17-16(26(17,29)30)9-31-24(37)40/h7-8,12,14-17,20H,1-6,9-11H2,(H,31,40)(H,34,39)/t16?,17?,20-/m0/s1. The monoisotopic (exact) mass is 576 g/mol. The molecule has 3 atom stereocenters. The molecule has 0 bridgehead atoms. The molecular formula is C26H28F4N8O3. The zero-order valence-electron chi connectivity index (χ0n) is 21.9. The summed E-state index contributed by atoms with van der Waals surface area (Å²) in [4.78, 5) is 31.7. The molecule has 0 spiro atoms. The number of rotatable bonds is 7. The molecule has 3 aliphatic carbocycles. The van der Waals surface area contributed by atoms with E-state index in [1.807, 2.05) is 0 Å². The van der Waals surface area contributed by atoms with E-state index in [0.717, 1.165) is 12.8 Å². The second-order valence-corrected chi connectivity index (χ2v) is 11.7. The van der Waals surface area contributed by atoms with Gasteiger partial charge in [-0.1, -0.05) is 5.16 Å². The second kappa shape index (κ2) is 9.38. The van der Waals surface area contributed by atoms with E-state index < -0.39 is 41.7 Å². The summed E-state index contributed by atoms with van der Waals surface area (Å²) >= 11 is 0. The van der Waals surface area contributed by atoms with Crippen LogP contribution in [0.5, 0.6) is 0 Å². The number of carbonyl (C=O) groups is 2. The van der Waals surface area contributed by atoms with E-state index >= 15 is 0 Å². The minimum absolute atomic E-state index is 0.0549. The van der Waals surface area contributed by atoms with E-state index in [1.165, 1.54) is 15.6 Å². The number of amides is 3. The molecule has 3 amide bonds. The Morgan fingerprint density at radius 3 is 2.68 bits per heavy atom. The van der Waals surface area contributed by atoms with Crippen molar-refractivity contribution in [2.45, 2.75) is 68.9 Å². The summed E-state index contributed by atoms with van der Waals surface area (Å²) in [6, 6.07) is 0.581. The number of halogens is 4. The van der Waals surface area contributed by atoms with Crippen molar-refractivity contribution in [2.75, 3.05) is 13.1 Å². The molecule has 15 heteroatoms. The molecule has 2 N–H and O–H groups in total. The molecular weight excluding hydrogens is 548 g/mol. The van der Waals surface area contributed by atoms with Crippen molar-refractivity contribution in [2.24, 2.45) is 17.8 Å². The molecule has 4 fully saturated rings. The Hall–Kier alpha value is -3.78. The third-order valence-electron chi connectivity index (χ3n) is 8.84. The van der Waals surface area contributed by atoms with Crippen molar-refractivity contribution >= 4 is 17.6 Å². The Morgan fingerprint density at radius 1 is 1.15 bits per heavy atom. The SMILES string of the molecule is O=C(N[C@H](c1cn2ncc(CN3CC4C(CNC3=O)C4(F)F)cc2n1)C1CCC(F)(F)CC1)c1nonc1C1CC1. The van der Waals surface area contributed by atoms with Crippen molar-refractivity contribution in [3.63, 3.8) is 0 Å².